The van der Waals surface area contributed by atoms with Crippen LogP contribution in [0, 0.1) is 0 Å². The van der Waals surface area contributed by atoms with E-state index in [-0.39, 0.29) is 24.8 Å². The molecule has 0 aliphatic heterocycles. The third kappa shape index (κ3) is 4.37. The van der Waals surface area contributed by atoms with Gasteiger partial charge >= 0.3 is 0 Å². The first-order valence-electron chi connectivity index (χ1n) is 4.56. The lowest BCUT2D eigenvalue weighted by Gasteiger charge is -1.89. The van der Waals surface area contributed by atoms with E-state index in [0.717, 1.165) is 23.4 Å². The van der Waals surface area contributed by atoms with Crippen molar-refractivity contribution in [3.05, 3.63) is 30.1 Å². The maximum Gasteiger partial charge on any atom is 0.121 e. The summed E-state index contributed by atoms with van der Waals surface area (Å²) in [5.74, 6) is 0.985. The van der Waals surface area contributed by atoms with E-state index in [9.17, 15) is 0 Å². The minimum Gasteiger partial charge on any atom is -0.341 e. The largest absolute Gasteiger partial charge is 0.341 e. The molecule has 0 radical (unpaired) electrons. The molecule has 1 heterocycles. The zero-order valence-electron chi connectivity index (χ0n) is 9.36. The van der Waals surface area contributed by atoms with Crippen LogP contribution in [0.3, 0.4) is 0 Å². The molecule has 0 bridgehead atoms. The number of H-pyrrole nitrogens is 1. The molecule has 0 amide bonds. The van der Waals surface area contributed by atoms with Crippen LogP contribution in [0.15, 0.2) is 24.3 Å². The topological polar surface area (TPSA) is 66.7 Å². The fourth-order valence-electron chi connectivity index (χ4n) is 1.26. The maximum absolute atomic E-state index is 4.50. The predicted molar refractivity (Wildman–Crippen MR) is 73.5 cm³/mol. The summed E-state index contributed by atoms with van der Waals surface area (Å²) < 4.78 is 0. The third-order valence-electron chi connectivity index (χ3n) is 1.78. The Balaban J connectivity index is 0. The first kappa shape index (κ1) is 17.6. The fraction of sp³-hybridized carbons (Fsp3) is 0.300. The molecule has 1 aromatic carbocycles. The number of para-hydroxylation sites is 2. The zero-order chi connectivity index (χ0) is 10.4. The van der Waals surface area contributed by atoms with Gasteiger partial charge in [0.15, 0.2) is 0 Å². The predicted octanol–water partition coefficient (Wildman–Crippen LogP) is 1.70. The van der Waals surface area contributed by atoms with Crippen molar-refractivity contribution in [2.45, 2.75) is 6.54 Å². The Labute approximate surface area is 108 Å². The van der Waals surface area contributed by atoms with E-state index in [0.29, 0.717) is 0 Å². The second-order valence-electron chi connectivity index (χ2n) is 2.73. The van der Waals surface area contributed by atoms with Crippen LogP contribution < -0.4 is 11.1 Å². The van der Waals surface area contributed by atoms with Crippen molar-refractivity contribution in [2.24, 2.45) is 5.73 Å². The van der Waals surface area contributed by atoms with Gasteiger partial charge < -0.3 is 16.0 Å². The first-order chi connectivity index (χ1) is 6.90. The Morgan fingerprint density at radius 3 is 2.44 bits per heavy atom. The van der Waals surface area contributed by atoms with E-state index < -0.39 is 0 Å². The van der Waals surface area contributed by atoms with Gasteiger partial charge in [-0.3, -0.25) is 0 Å². The van der Waals surface area contributed by atoms with E-state index in [1.165, 1.54) is 7.05 Å². The first-order valence-corrected chi connectivity index (χ1v) is 4.56. The number of benzene rings is 1. The molecule has 0 spiro atoms. The van der Waals surface area contributed by atoms with Crippen LogP contribution >= 0.6 is 24.8 Å². The molecule has 0 saturated carbocycles. The molecule has 16 heavy (non-hydrogen) atoms. The summed E-state index contributed by atoms with van der Waals surface area (Å²) in [6.07, 6.45) is 0. The highest BCUT2D eigenvalue weighted by Crippen LogP contribution is 2.09. The Hall–Kier alpha value is -0.810. The van der Waals surface area contributed by atoms with E-state index in [4.69, 9.17) is 0 Å². The number of rotatable bonds is 2. The van der Waals surface area contributed by atoms with Gasteiger partial charge in [0, 0.05) is 0 Å². The number of nitrogens with zero attached hydrogens (tertiary/aromatic N) is 1. The number of halogens is 2. The van der Waals surface area contributed by atoms with Crippen molar-refractivity contribution >= 4 is 35.8 Å². The average molecular weight is 265 g/mol. The van der Waals surface area contributed by atoms with Crippen LogP contribution in [0.1, 0.15) is 5.82 Å². The third-order valence-corrected chi connectivity index (χ3v) is 1.78. The maximum atomic E-state index is 4.50. The monoisotopic (exact) mass is 264 g/mol. The lowest BCUT2D eigenvalue weighted by molar-refractivity contribution is 0.775. The lowest BCUT2D eigenvalue weighted by Crippen LogP contribution is -2.06. The summed E-state index contributed by atoms with van der Waals surface area (Å²) in [7, 11) is 3.41. The van der Waals surface area contributed by atoms with E-state index in [1.54, 1.807) is 0 Å². The van der Waals surface area contributed by atoms with Crippen LogP contribution in [0.25, 0.3) is 11.0 Å². The lowest BCUT2D eigenvalue weighted by atomic mass is 10.3. The number of imidazole rings is 1. The van der Waals surface area contributed by atoms with Crippen molar-refractivity contribution in [1.82, 2.24) is 15.3 Å². The van der Waals surface area contributed by atoms with Crippen LogP contribution in [0.2, 0.25) is 0 Å². The summed E-state index contributed by atoms with van der Waals surface area (Å²) in [6, 6.07) is 8.03. The summed E-state index contributed by atoms with van der Waals surface area (Å²) >= 11 is 0. The zero-order valence-corrected chi connectivity index (χ0v) is 11.0. The van der Waals surface area contributed by atoms with Gasteiger partial charge in [-0.2, -0.15) is 0 Å². The summed E-state index contributed by atoms with van der Waals surface area (Å²) in [4.78, 5) is 7.61. The van der Waals surface area contributed by atoms with Gasteiger partial charge in [0.25, 0.3) is 0 Å². The van der Waals surface area contributed by atoms with Gasteiger partial charge in [0.05, 0.1) is 17.6 Å². The minimum absolute atomic E-state index is 0. The molecule has 0 unspecified atom stereocenters. The Bertz CT molecular complexity index is 356. The second kappa shape index (κ2) is 9.42. The van der Waals surface area contributed by atoms with Crippen LogP contribution in [-0.4, -0.2) is 24.1 Å². The molecule has 4 N–H and O–H groups in total. The standard InChI is InChI=1S/C9H11N3.CH5N.2ClH/c1-10-6-9-11-7-4-2-3-5-8(7)12-9;1-2;;/h2-5,10H,6H2,1H3,(H,11,12);2H2,1H3;2*1H. The summed E-state index contributed by atoms with van der Waals surface area (Å²) in [5.41, 5.74) is 6.63. The number of hydrogen-bond acceptors (Lipinski definition) is 3. The number of aromatic amines is 1. The number of aromatic nitrogens is 2. The van der Waals surface area contributed by atoms with Gasteiger partial charge in [-0.15, -0.1) is 24.8 Å². The van der Waals surface area contributed by atoms with E-state index >= 15 is 0 Å². The highest BCUT2D eigenvalue weighted by molar-refractivity contribution is 5.85. The fourth-order valence-corrected chi connectivity index (χ4v) is 1.26. The molecule has 1 aromatic heterocycles. The molecule has 4 nitrogen and oxygen atoms in total. The van der Waals surface area contributed by atoms with Crippen LogP contribution in [-0.2, 0) is 6.54 Å². The van der Waals surface area contributed by atoms with Crippen molar-refractivity contribution in [2.75, 3.05) is 14.1 Å². The summed E-state index contributed by atoms with van der Waals surface area (Å²) in [5, 5.41) is 3.05. The average Bonchev–Trinajstić information content (AvgIpc) is 2.63. The molecule has 0 saturated heterocycles. The Morgan fingerprint density at radius 2 is 1.88 bits per heavy atom. The molecule has 2 aromatic rings. The number of nitrogens with two attached hydrogens (primary N) is 1. The molecule has 0 atom stereocenters. The van der Waals surface area contributed by atoms with Crippen molar-refractivity contribution in [1.29, 1.82) is 0 Å². The SMILES string of the molecule is CN.CNCc1nc2ccccc2[nH]1.Cl.Cl. The summed E-state index contributed by atoms with van der Waals surface area (Å²) in [6.45, 7) is 0.786. The molecule has 6 heteroatoms. The Morgan fingerprint density at radius 1 is 1.25 bits per heavy atom. The van der Waals surface area contributed by atoms with Crippen LogP contribution in [0.5, 0.6) is 0 Å². The second-order valence-corrected chi connectivity index (χ2v) is 2.73. The number of nitrogens with one attached hydrogen (secondary N) is 2. The van der Waals surface area contributed by atoms with E-state index in [1.807, 2.05) is 31.3 Å². The quantitative estimate of drug-likeness (QED) is 0.774. The van der Waals surface area contributed by atoms with Crippen molar-refractivity contribution in [3.63, 3.8) is 0 Å². The van der Waals surface area contributed by atoms with Crippen molar-refractivity contribution < 1.29 is 0 Å². The van der Waals surface area contributed by atoms with Gasteiger partial charge in [-0.05, 0) is 26.2 Å². The normalized spacial score (nSPS) is 8.44. The molecule has 0 fully saturated rings. The van der Waals surface area contributed by atoms with Crippen molar-refractivity contribution in [3.8, 4) is 0 Å². The molecule has 0 aliphatic carbocycles. The molecular weight excluding hydrogens is 247 g/mol. The van der Waals surface area contributed by atoms with E-state index in [2.05, 4.69) is 21.0 Å². The van der Waals surface area contributed by atoms with Gasteiger partial charge in [0.2, 0.25) is 0 Å². The molecular formula is C10H18Cl2N4. The number of fused-ring (bicyclic) bond motifs is 1. The highest BCUT2D eigenvalue weighted by atomic mass is 35.5. The highest BCUT2D eigenvalue weighted by Gasteiger charge is 1.98. The van der Waals surface area contributed by atoms with Gasteiger partial charge in [-0.25, -0.2) is 4.98 Å². The van der Waals surface area contributed by atoms with Gasteiger partial charge in [0.1, 0.15) is 5.82 Å². The molecule has 2 rings (SSSR count). The van der Waals surface area contributed by atoms with Gasteiger partial charge in [-0.1, -0.05) is 12.1 Å². The Kier molecular flexibility index (Phi) is 10.3. The van der Waals surface area contributed by atoms with Crippen LogP contribution in [0.4, 0.5) is 0 Å². The smallest absolute Gasteiger partial charge is 0.121 e. The minimum atomic E-state index is 0. The number of hydrogen-bond donors (Lipinski definition) is 3. The molecule has 0 aliphatic rings. The molecule has 92 valence electrons.